The van der Waals surface area contributed by atoms with E-state index in [1.165, 1.54) is 0 Å². The Kier molecular flexibility index (Phi) is 7.19. The molecular formula is C22H25N3O3S. The summed E-state index contributed by atoms with van der Waals surface area (Å²) < 4.78 is 0. The number of piperazine rings is 1. The van der Waals surface area contributed by atoms with Crippen LogP contribution in [0.5, 0.6) is 0 Å². The molecule has 0 spiro atoms. The third-order valence-corrected chi connectivity index (χ3v) is 5.77. The van der Waals surface area contributed by atoms with Crippen molar-refractivity contribution >= 4 is 29.1 Å². The van der Waals surface area contributed by atoms with Crippen LogP contribution < -0.4 is 5.32 Å². The highest BCUT2D eigenvalue weighted by Crippen LogP contribution is 2.20. The molecule has 1 atom stereocenters. The molecule has 0 radical (unpaired) electrons. The summed E-state index contributed by atoms with van der Waals surface area (Å²) in [6, 6.07) is 12.7. The van der Waals surface area contributed by atoms with E-state index in [9.17, 15) is 14.4 Å². The first-order valence-corrected chi connectivity index (χ1v) is 10.5. The van der Waals surface area contributed by atoms with Gasteiger partial charge in [0.05, 0.1) is 6.42 Å². The maximum atomic E-state index is 13.2. The highest BCUT2D eigenvalue weighted by molar-refractivity contribution is 7.09. The average molecular weight is 412 g/mol. The van der Waals surface area contributed by atoms with Gasteiger partial charge in [0, 0.05) is 24.5 Å². The van der Waals surface area contributed by atoms with E-state index in [1.54, 1.807) is 27.2 Å². The SMILES string of the molecule is C=CCNC(=O)CC1C(=O)N(Cc2ccccc2)CC(=O)N1CCc1cccs1. The number of nitrogens with one attached hydrogen (secondary N) is 1. The van der Waals surface area contributed by atoms with E-state index in [0.29, 0.717) is 26.1 Å². The monoisotopic (exact) mass is 411 g/mol. The summed E-state index contributed by atoms with van der Waals surface area (Å²) in [6.45, 7) is 4.72. The molecule has 1 aromatic carbocycles. The molecule has 1 aliphatic heterocycles. The first-order valence-electron chi connectivity index (χ1n) is 9.60. The molecule has 3 amide bonds. The first-order chi connectivity index (χ1) is 14.1. The van der Waals surface area contributed by atoms with Gasteiger partial charge in [0.15, 0.2) is 0 Å². The van der Waals surface area contributed by atoms with Crippen LogP contribution in [0.1, 0.15) is 16.9 Å². The van der Waals surface area contributed by atoms with E-state index in [0.717, 1.165) is 10.4 Å². The van der Waals surface area contributed by atoms with Crippen LogP contribution in [0.3, 0.4) is 0 Å². The van der Waals surface area contributed by atoms with Crippen molar-refractivity contribution in [2.45, 2.75) is 25.4 Å². The third kappa shape index (κ3) is 5.54. The van der Waals surface area contributed by atoms with Crippen molar-refractivity contribution in [2.24, 2.45) is 0 Å². The summed E-state index contributed by atoms with van der Waals surface area (Å²) >= 11 is 1.62. The Labute approximate surface area is 174 Å². The summed E-state index contributed by atoms with van der Waals surface area (Å²) in [6.07, 6.45) is 2.20. The fraction of sp³-hybridized carbons (Fsp3) is 0.318. The van der Waals surface area contributed by atoms with Crippen molar-refractivity contribution in [3.05, 3.63) is 70.9 Å². The Morgan fingerprint density at radius 1 is 1.21 bits per heavy atom. The minimum Gasteiger partial charge on any atom is -0.353 e. The van der Waals surface area contributed by atoms with Gasteiger partial charge in [-0.2, -0.15) is 0 Å². The molecule has 1 saturated heterocycles. The Morgan fingerprint density at radius 3 is 2.69 bits per heavy atom. The molecule has 29 heavy (non-hydrogen) atoms. The van der Waals surface area contributed by atoms with E-state index in [4.69, 9.17) is 0 Å². The number of amides is 3. The van der Waals surface area contributed by atoms with Gasteiger partial charge in [0.2, 0.25) is 17.7 Å². The van der Waals surface area contributed by atoms with Gasteiger partial charge in [-0.15, -0.1) is 17.9 Å². The second kappa shape index (κ2) is 10.0. The summed E-state index contributed by atoms with van der Waals surface area (Å²) in [7, 11) is 0. The molecule has 3 rings (SSSR count). The number of hydrogen-bond acceptors (Lipinski definition) is 4. The maximum Gasteiger partial charge on any atom is 0.246 e. The molecule has 1 unspecified atom stereocenters. The van der Waals surface area contributed by atoms with Crippen LogP contribution in [0.2, 0.25) is 0 Å². The predicted molar refractivity (Wildman–Crippen MR) is 113 cm³/mol. The molecule has 1 N–H and O–H groups in total. The van der Waals surface area contributed by atoms with Crippen LogP contribution in [-0.4, -0.2) is 53.2 Å². The van der Waals surface area contributed by atoms with Crippen molar-refractivity contribution < 1.29 is 14.4 Å². The van der Waals surface area contributed by atoms with Crippen molar-refractivity contribution in [1.82, 2.24) is 15.1 Å². The molecule has 0 saturated carbocycles. The highest BCUT2D eigenvalue weighted by atomic mass is 32.1. The Balaban J connectivity index is 1.75. The van der Waals surface area contributed by atoms with Crippen molar-refractivity contribution in [2.75, 3.05) is 19.6 Å². The molecule has 6 nitrogen and oxygen atoms in total. The Morgan fingerprint density at radius 2 is 2.00 bits per heavy atom. The van der Waals surface area contributed by atoms with Crippen LogP contribution in [0, 0.1) is 0 Å². The molecule has 2 heterocycles. The molecule has 1 fully saturated rings. The molecule has 0 aliphatic carbocycles. The average Bonchev–Trinajstić information content (AvgIpc) is 3.24. The quantitative estimate of drug-likeness (QED) is 0.644. The standard InChI is InChI=1S/C22H25N3O3S/c1-2-11-23-20(26)14-19-22(28)24(15-17-7-4-3-5-8-17)16-21(27)25(19)12-10-18-9-6-13-29-18/h2-9,13,19H,1,10-12,14-16H2,(H,23,26). The normalized spacial score (nSPS) is 16.8. The lowest BCUT2D eigenvalue weighted by molar-refractivity contribution is -0.157. The summed E-state index contributed by atoms with van der Waals surface area (Å²) in [5.74, 6) is -0.578. The van der Waals surface area contributed by atoms with Gasteiger partial charge >= 0.3 is 0 Å². The topological polar surface area (TPSA) is 69.7 Å². The van der Waals surface area contributed by atoms with Crippen LogP contribution in [0.15, 0.2) is 60.5 Å². The number of nitrogens with zero attached hydrogens (tertiary/aromatic N) is 2. The molecule has 1 aliphatic rings. The minimum atomic E-state index is -0.787. The van der Waals surface area contributed by atoms with E-state index >= 15 is 0 Å². The van der Waals surface area contributed by atoms with Crippen LogP contribution in [-0.2, 0) is 27.3 Å². The number of benzene rings is 1. The second-order valence-electron chi connectivity index (χ2n) is 6.91. The minimum absolute atomic E-state index is 0.0307. The zero-order valence-electron chi connectivity index (χ0n) is 16.3. The lowest BCUT2D eigenvalue weighted by Gasteiger charge is -2.40. The highest BCUT2D eigenvalue weighted by Gasteiger charge is 2.40. The fourth-order valence-electron chi connectivity index (χ4n) is 3.38. The van der Waals surface area contributed by atoms with Gasteiger partial charge in [0.1, 0.15) is 12.6 Å². The van der Waals surface area contributed by atoms with Gasteiger partial charge in [-0.25, -0.2) is 0 Å². The summed E-state index contributed by atoms with van der Waals surface area (Å²) in [4.78, 5) is 42.6. The fourth-order valence-corrected chi connectivity index (χ4v) is 4.08. The summed E-state index contributed by atoms with van der Waals surface area (Å²) in [5.41, 5.74) is 0.954. The van der Waals surface area contributed by atoms with Gasteiger partial charge in [-0.3, -0.25) is 14.4 Å². The molecule has 1 aromatic heterocycles. The molecule has 0 bridgehead atoms. The van der Waals surface area contributed by atoms with E-state index in [2.05, 4.69) is 11.9 Å². The smallest absolute Gasteiger partial charge is 0.246 e. The molecular weight excluding hydrogens is 386 g/mol. The molecule has 2 aromatic rings. The van der Waals surface area contributed by atoms with Crippen LogP contribution in [0.25, 0.3) is 0 Å². The lowest BCUT2D eigenvalue weighted by atomic mass is 10.0. The zero-order valence-corrected chi connectivity index (χ0v) is 17.1. The van der Waals surface area contributed by atoms with Crippen molar-refractivity contribution in [3.63, 3.8) is 0 Å². The third-order valence-electron chi connectivity index (χ3n) is 4.84. The van der Waals surface area contributed by atoms with Gasteiger partial charge in [0.25, 0.3) is 0 Å². The Hall–Kier alpha value is -2.93. The second-order valence-corrected chi connectivity index (χ2v) is 7.94. The van der Waals surface area contributed by atoms with E-state index in [1.807, 2.05) is 47.8 Å². The van der Waals surface area contributed by atoms with Gasteiger partial charge in [-0.1, -0.05) is 42.5 Å². The number of thiophene rings is 1. The van der Waals surface area contributed by atoms with Crippen molar-refractivity contribution in [3.8, 4) is 0 Å². The molecule has 7 heteroatoms. The predicted octanol–water partition coefficient (Wildman–Crippen LogP) is 2.22. The van der Waals surface area contributed by atoms with E-state index in [-0.39, 0.29) is 30.7 Å². The summed E-state index contributed by atoms with van der Waals surface area (Å²) in [5, 5.41) is 4.69. The number of carbonyl (C=O) groups is 3. The first kappa shape index (κ1) is 20.8. The van der Waals surface area contributed by atoms with Gasteiger partial charge in [-0.05, 0) is 23.4 Å². The number of rotatable bonds is 9. The largest absolute Gasteiger partial charge is 0.353 e. The number of carbonyl (C=O) groups excluding carboxylic acids is 3. The Bertz CT molecular complexity index is 851. The van der Waals surface area contributed by atoms with E-state index < -0.39 is 6.04 Å². The number of hydrogen-bond donors (Lipinski definition) is 1. The lowest BCUT2D eigenvalue weighted by Crippen LogP contribution is -2.60. The van der Waals surface area contributed by atoms with Gasteiger partial charge < -0.3 is 15.1 Å². The van der Waals surface area contributed by atoms with Crippen LogP contribution >= 0.6 is 11.3 Å². The maximum absolute atomic E-state index is 13.2. The van der Waals surface area contributed by atoms with Crippen LogP contribution in [0.4, 0.5) is 0 Å². The van der Waals surface area contributed by atoms with Crippen molar-refractivity contribution in [1.29, 1.82) is 0 Å². The molecule has 152 valence electrons. The zero-order chi connectivity index (χ0) is 20.6.